The second-order valence-electron chi connectivity index (χ2n) is 6.60. The van der Waals surface area contributed by atoms with Crippen LogP contribution in [0, 0.1) is 6.92 Å². The first kappa shape index (κ1) is 17.6. The van der Waals surface area contributed by atoms with Gasteiger partial charge >= 0.3 is 0 Å². The number of nitrogens with one attached hydrogen (secondary N) is 1. The molecule has 0 radical (unpaired) electrons. The van der Waals surface area contributed by atoms with Crippen LogP contribution >= 0.6 is 0 Å². The third-order valence-electron chi connectivity index (χ3n) is 4.50. The Morgan fingerprint density at radius 3 is 3.08 bits per heavy atom. The molecule has 1 N–H and O–H groups in total. The Kier molecular flexibility index (Phi) is 5.78. The molecule has 7 nitrogen and oxygen atoms in total. The van der Waals surface area contributed by atoms with E-state index < -0.39 is 0 Å². The molecule has 1 aliphatic rings. The zero-order valence-electron chi connectivity index (χ0n) is 14.8. The number of nitrogens with zero attached hydrogens (tertiary/aromatic N) is 4. The summed E-state index contributed by atoms with van der Waals surface area (Å²) in [5.41, 5.74) is 1.01. The zero-order chi connectivity index (χ0) is 17.6. The number of amides is 1. The van der Waals surface area contributed by atoms with Crippen LogP contribution in [-0.2, 0) is 17.9 Å². The Bertz CT molecular complexity index is 688. The van der Waals surface area contributed by atoms with Crippen LogP contribution in [0.2, 0.25) is 0 Å². The molecule has 3 heterocycles. The van der Waals surface area contributed by atoms with Crippen molar-refractivity contribution >= 4 is 5.91 Å². The molecule has 3 rings (SSSR count). The minimum Gasteiger partial charge on any atom is -0.445 e. The lowest BCUT2D eigenvalue weighted by atomic mass is 10.2. The van der Waals surface area contributed by atoms with Crippen LogP contribution in [0.5, 0.6) is 0 Å². The summed E-state index contributed by atoms with van der Waals surface area (Å²) in [6.45, 7) is 5.37. The van der Waals surface area contributed by atoms with Crippen molar-refractivity contribution in [3.05, 3.63) is 47.9 Å². The van der Waals surface area contributed by atoms with Gasteiger partial charge in [0.05, 0.1) is 19.3 Å². The fourth-order valence-corrected chi connectivity index (χ4v) is 3.09. The van der Waals surface area contributed by atoms with Crippen molar-refractivity contribution in [2.75, 3.05) is 26.7 Å². The molecule has 1 atom stereocenters. The molecule has 0 spiro atoms. The Balaban J connectivity index is 1.40. The number of pyridine rings is 1. The highest BCUT2D eigenvalue weighted by molar-refractivity contribution is 5.78. The van der Waals surface area contributed by atoms with Gasteiger partial charge in [0.1, 0.15) is 5.76 Å². The first-order valence-corrected chi connectivity index (χ1v) is 8.59. The average Bonchev–Trinajstić information content (AvgIpc) is 3.23. The predicted molar refractivity (Wildman–Crippen MR) is 93.6 cm³/mol. The third-order valence-corrected chi connectivity index (χ3v) is 4.50. The van der Waals surface area contributed by atoms with Crippen molar-refractivity contribution in [3.8, 4) is 0 Å². The molecule has 134 valence electrons. The van der Waals surface area contributed by atoms with Gasteiger partial charge in [-0.2, -0.15) is 0 Å². The molecule has 25 heavy (non-hydrogen) atoms. The van der Waals surface area contributed by atoms with Crippen molar-refractivity contribution in [2.45, 2.75) is 32.5 Å². The number of likely N-dealkylation sites (N-methyl/N-ethyl adjacent to an activating group) is 1. The summed E-state index contributed by atoms with van der Waals surface area (Å²) in [5, 5.41) is 2.95. The van der Waals surface area contributed by atoms with E-state index in [1.165, 1.54) is 0 Å². The van der Waals surface area contributed by atoms with E-state index in [4.69, 9.17) is 4.42 Å². The van der Waals surface area contributed by atoms with Gasteiger partial charge in [-0.25, -0.2) is 4.98 Å². The second-order valence-corrected chi connectivity index (χ2v) is 6.60. The summed E-state index contributed by atoms with van der Waals surface area (Å²) in [7, 11) is 2.08. The van der Waals surface area contributed by atoms with Crippen molar-refractivity contribution in [1.29, 1.82) is 0 Å². The van der Waals surface area contributed by atoms with Crippen LogP contribution in [0.1, 0.15) is 23.6 Å². The van der Waals surface area contributed by atoms with Crippen LogP contribution in [0.4, 0.5) is 0 Å². The molecule has 2 aromatic rings. The number of likely N-dealkylation sites (tertiary alicyclic amines) is 1. The second kappa shape index (κ2) is 8.22. The number of aryl methyl sites for hydroxylation is 1. The predicted octanol–water partition coefficient (Wildman–Crippen LogP) is 1.20. The molecular weight excluding hydrogens is 318 g/mol. The number of oxazole rings is 1. The van der Waals surface area contributed by atoms with Gasteiger partial charge in [0.25, 0.3) is 0 Å². The Morgan fingerprint density at radius 1 is 1.48 bits per heavy atom. The number of aromatic nitrogens is 2. The molecule has 7 heteroatoms. The van der Waals surface area contributed by atoms with Crippen molar-refractivity contribution in [3.63, 3.8) is 0 Å². The summed E-state index contributed by atoms with van der Waals surface area (Å²) < 4.78 is 5.54. The van der Waals surface area contributed by atoms with E-state index in [0.717, 1.165) is 36.7 Å². The summed E-state index contributed by atoms with van der Waals surface area (Å²) in [4.78, 5) is 24.9. The maximum atomic E-state index is 12.1. The van der Waals surface area contributed by atoms with Crippen molar-refractivity contribution < 1.29 is 9.21 Å². The van der Waals surface area contributed by atoms with Crippen LogP contribution in [0.15, 0.2) is 35.1 Å². The van der Waals surface area contributed by atoms with E-state index in [9.17, 15) is 4.79 Å². The number of hydrogen-bond donors (Lipinski definition) is 1. The van der Waals surface area contributed by atoms with E-state index in [0.29, 0.717) is 25.7 Å². The molecule has 0 saturated carbocycles. The number of hydrogen-bond acceptors (Lipinski definition) is 6. The van der Waals surface area contributed by atoms with Crippen LogP contribution < -0.4 is 5.32 Å². The summed E-state index contributed by atoms with van der Waals surface area (Å²) in [5.74, 6) is 1.63. The topological polar surface area (TPSA) is 74.5 Å². The number of rotatable bonds is 7. The van der Waals surface area contributed by atoms with Gasteiger partial charge in [-0.05, 0) is 32.0 Å². The lowest BCUT2D eigenvalue weighted by molar-refractivity contribution is -0.122. The fourth-order valence-electron chi connectivity index (χ4n) is 3.09. The first-order valence-electron chi connectivity index (χ1n) is 8.59. The quantitative estimate of drug-likeness (QED) is 0.814. The number of carbonyl (C=O) groups excluding carboxylic acids is 1. The molecule has 2 aromatic heterocycles. The largest absolute Gasteiger partial charge is 0.445 e. The lowest BCUT2D eigenvalue weighted by Gasteiger charge is -2.23. The normalized spacial score (nSPS) is 18.0. The van der Waals surface area contributed by atoms with Gasteiger partial charge in [-0.1, -0.05) is 6.07 Å². The molecule has 0 aromatic carbocycles. The van der Waals surface area contributed by atoms with Crippen molar-refractivity contribution in [2.24, 2.45) is 0 Å². The maximum Gasteiger partial charge on any atom is 0.234 e. The standard InChI is InChI=1S/C18H25N5O2/c1-14-8-21-18(25-14)13-22(2)16-5-7-23(11-16)12-17(24)20-10-15-4-3-6-19-9-15/h3-4,6,8-9,16H,5,7,10-13H2,1-2H3,(H,20,24)/t16-/m1/s1. The SMILES string of the molecule is Cc1cnc(CN(C)[C@@H]2CCN(CC(=O)NCc3cccnc3)C2)o1. The Morgan fingerprint density at radius 2 is 2.36 bits per heavy atom. The fraction of sp³-hybridized carbons (Fsp3) is 0.500. The highest BCUT2D eigenvalue weighted by atomic mass is 16.4. The number of carbonyl (C=O) groups is 1. The maximum absolute atomic E-state index is 12.1. The average molecular weight is 343 g/mol. The van der Waals surface area contributed by atoms with E-state index in [1.807, 2.05) is 19.1 Å². The lowest BCUT2D eigenvalue weighted by Crippen LogP contribution is -2.38. The van der Waals surface area contributed by atoms with E-state index in [-0.39, 0.29) is 5.91 Å². The van der Waals surface area contributed by atoms with Gasteiger partial charge in [-0.15, -0.1) is 0 Å². The molecule has 0 aliphatic carbocycles. The first-order chi connectivity index (χ1) is 12.1. The van der Waals surface area contributed by atoms with E-state index >= 15 is 0 Å². The molecular formula is C18H25N5O2. The van der Waals surface area contributed by atoms with Gasteiger partial charge < -0.3 is 9.73 Å². The zero-order valence-corrected chi connectivity index (χ0v) is 14.8. The van der Waals surface area contributed by atoms with Crippen LogP contribution in [-0.4, -0.2) is 58.4 Å². The molecule has 0 unspecified atom stereocenters. The Hall–Kier alpha value is -2.25. The summed E-state index contributed by atoms with van der Waals surface area (Å²) >= 11 is 0. The van der Waals surface area contributed by atoms with E-state index in [2.05, 4.69) is 32.1 Å². The molecule has 1 aliphatic heterocycles. The molecule has 1 saturated heterocycles. The highest BCUT2D eigenvalue weighted by Gasteiger charge is 2.27. The molecule has 1 amide bonds. The van der Waals surface area contributed by atoms with E-state index in [1.54, 1.807) is 18.6 Å². The summed E-state index contributed by atoms with van der Waals surface area (Å²) in [6.07, 6.45) is 6.29. The smallest absolute Gasteiger partial charge is 0.234 e. The van der Waals surface area contributed by atoms with Crippen LogP contribution in [0.3, 0.4) is 0 Å². The van der Waals surface area contributed by atoms with Gasteiger partial charge in [-0.3, -0.25) is 19.6 Å². The van der Waals surface area contributed by atoms with Crippen molar-refractivity contribution in [1.82, 2.24) is 25.1 Å². The third kappa shape index (κ3) is 5.11. The monoisotopic (exact) mass is 343 g/mol. The molecule has 0 bridgehead atoms. The Labute approximate surface area is 148 Å². The van der Waals surface area contributed by atoms with Gasteiger partial charge in [0, 0.05) is 38.1 Å². The molecule has 1 fully saturated rings. The van der Waals surface area contributed by atoms with Gasteiger partial charge in [0.2, 0.25) is 11.8 Å². The van der Waals surface area contributed by atoms with Gasteiger partial charge in [0.15, 0.2) is 0 Å². The minimum atomic E-state index is 0.0514. The highest BCUT2D eigenvalue weighted by Crippen LogP contribution is 2.16. The minimum absolute atomic E-state index is 0.0514. The van der Waals surface area contributed by atoms with Crippen LogP contribution in [0.25, 0.3) is 0 Å². The summed E-state index contributed by atoms with van der Waals surface area (Å²) in [6, 6.07) is 4.24.